The molecule has 114 valence electrons. The summed E-state index contributed by atoms with van der Waals surface area (Å²) in [5.41, 5.74) is 6.22. The van der Waals surface area contributed by atoms with Crippen LogP contribution in [-0.2, 0) is 40.8 Å². The van der Waals surface area contributed by atoms with Crippen molar-refractivity contribution in [1.29, 1.82) is 0 Å². The van der Waals surface area contributed by atoms with Crippen LogP contribution in [0, 0.1) is 0 Å². The van der Waals surface area contributed by atoms with E-state index in [1.54, 1.807) is 0 Å². The number of hydrogen-bond donors (Lipinski definition) is 0. The van der Waals surface area contributed by atoms with E-state index in [-0.39, 0.29) is 0 Å². The van der Waals surface area contributed by atoms with E-state index in [0.29, 0.717) is 0 Å². The molecule has 0 radical (unpaired) electrons. The molecule has 6 heteroatoms. The summed E-state index contributed by atoms with van der Waals surface area (Å²) < 4.78 is 5.97. The normalized spacial score (nSPS) is 14.7. The van der Waals surface area contributed by atoms with Crippen LogP contribution in [0.25, 0.3) is 11.3 Å². The molecule has 3 aromatic heterocycles. The lowest BCUT2D eigenvalue weighted by Crippen LogP contribution is -2.22. The summed E-state index contributed by atoms with van der Waals surface area (Å²) in [7, 11) is 6.05. The Hall–Kier alpha value is -2.34. The Balaban J connectivity index is 1.73. The first-order valence-electron chi connectivity index (χ1n) is 7.47. The van der Waals surface area contributed by atoms with Gasteiger partial charge in [0.05, 0.1) is 11.9 Å². The molecule has 4 rings (SSSR count). The second-order valence-electron chi connectivity index (χ2n) is 6.13. The molecule has 1 aliphatic heterocycles. The summed E-state index contributed by atoms with van der Waals surface area (Å²) in [6, 6.07) is 2.18. The summed E-state index contributed by atoms with van der Waals surface area (Å²) in [5, 5.41) is 8.95. The van der Waals surface area contributed by atoms with Crippen molar-refractivity contribution in [3.8, 4) is 11.3 Å². The lowest BCUT2D eigenvalue weighted by atomic mass is 10.1. The monoisotopic (exact) mass is 296 g/mol. The SMILES string of the molecule is Cn1cc(CN2Cc3cn(C)nc3-c3ccn(C)c3C2)cn1. The minimum Gasteiger partial charge on any atom is -0.353 e. The Morgan fingerprint density at radius 3 is 2.73 bits per heavy atom. The molecule has 0 unspecified atom stereocenters. The number of fused-ring (bicyclic) bond motifs is 3. The molecule has 0 fully saturated rings. The van der Waals surface area contributed by atoms with Gasteiger partial charge in [-0.2, -0.15) is 10.2 Å². The third-order valence-electron chi connectivity index (χ3n) is 4.29. The van der Waals surface area contributed by atoms with Gasteiger partial charge >= 0.3 is 0 Å². The van der Waals surface area contributed by atoms with Crippen LogP contribution in [-0.4, -0.2) is 29.0 Å². The Bertz CT molecular complexity index is 822. The van der Waals surface area contributed by atoms with E-state index in [4.69, 9.17) is 0 Å². The van der Waals surface area contributed by atoms with Crippen molar-refractivity contribution < 1.29 is 0 Å². The van der Waals surface area contributed by atoms with Crippen LogP contribution in [0.1, 0.15) is 16.8 Å². The van der Waals surface area contributed by atoms with Crippen molar-refractivity contribution in [3.63, 3.8) is 0 Å². The number of nitrogens with zero attached hydrogens (tertiary/aromatic N) is 6. The van der Waals surface area contributed by atoms with Crippen molar-refractivity contribution in [1.82, 2.24) is 29.0 Å². The number of hydrogen-bond acceptors (Lipinski definition) is 3. The first-order valence-corrected chi connectivity index (χ1v) is 7.47. The third-order valence-corrected chi connectivity index (χ3v) is 4.29. The summed E-state index contributed by atoms with van der Waals surface area (Å²) in [5.74, 6) is 0. The van der Waals surface area contributed by atoms with Crippen molar-refractivity contribution in [2.24, 2.45) is 21.1 Å². The van der Waals surface area contributed by atoms with E-state index in [0.717, 1.165) is 25.3 Å². The highest BCUT2D eigenvalue weighted by molar-refractivity contribution is 5.66. The van der Waals surface area contributed by atoms with Crippen LogP contribution in [0.5, 0.6) is 0 Å². The molecule has 0 aliphatic carbocycles. The van der Waals surface area contributed by atoms with Gasteiger partial charge in [-0.05, 0) is 6.07 Å². The lowest BCUT2D eigenvalue weighted by Gasteiger charge is -2.20. The number of rotatable bonds is 2. The maximum Gasteiger partial charge on any atom is 0.0986 e. The largest absolute Gasteiger partial charge is 0.353 e. The zero-order valence-electron chi connectivity index (χ0n) is 13.2. The Morgan fingerprint density at radius 2 is 1.95 bits per heavy atom. The minimum atomic E-state index is 0.896. The summed E-state index contributed by atoms with van der Waals surface area (Å²) >= 11 is 0. The maximum absolute atomic E-state index is 4.67. The minimum absolute atomic E-state index is 0.896. The molecule has 22 heavy (non-hydrogen) atoms. The van der Waals surface area contributed by atoms with E-state index in [2.05, 4.69) is 51.4 Å². The van der Waals surface area contributed by atoms with E-state index in [1.807, 2.05) is 29.7 Å². The maximum atomic E-state index is 4.67. The van der Waals surface area contributed by atoms with Gasteiger partial charge in [0, 0.05) is 81.8 Å². The quantitative estimate of drug-likeness (QED) is 0.722. The molecule has 1 aliphatic rings. The predicted molar refractivity (Wildman–Crippen MR) is 83.8 cm³/mol. The molecular weight excluding hydrogens is 276 g/mol. The second kappa shape index (κ2) is 4.84. The highest BCUT2D eigenvalue weighted by Gasteiger charge is 2.24. The molecule has 0 amide bonds. The van der Waals surface area contributed by atoms with Crippen molar-refractivity contribution in [2.45, 2.75) is 19.6 Å². The zero-order valence-corrected chi connectivity index (χ0v) is 13.2. The van der Waals surface area contributed by atoms with E-state index in [1.165, 1.54) is 22.4 Å². The van der Waals surface area contributed by atoms with Crippen LogP contribution >= 0.6 is 0 Å². The predicted octanol–water partition coefficient (Wildman–Crippen LogP) is 1.67. The fourth-order valence-electron chi connectivity index (χ4n) is 3.29. The molecule has 6 nitrogen and oxygen atoms in total. The summed E-state index contributed by atoms with van der Waals surface area (Å²) in [6.07, 6.45) is 8.28. The lowest BCUT2D eigenvalue weighted by molar-refractivity contribution is 0.245. The Labute approximate surface area is 129 Å². The van der Waals surface area contributed by atoms with E-state index < -0.39 is 0 Å². The number of aromatic nitrogens is 5. The van der Waals surface area contributed by atoms with Gasteiger partial charge in [-0.3, -0.25) is 14.3 Å². The second-order valence-corrected chi connectivity index (χ2v) is 6.13. The standard InChI is InChI=1S/C16H20N6/c1-19-5-4-14-15(19)11-22(8-12-6-17-20(2)7-12)10-13-9-21(3)18-16(13)14/h4-7,9H,8,10-11H2,1-3H3. The number of aryl methyl sites for hydroxylation is 3. The van der Waals surface area contributed by atoms with Gasteiger partial charge in [0.2, 0.25) is 0 Å². The summed E-state index contributed by atoms with van der Waals surface area (Å²) in [4.78, 5) is 2.45. The third kappa shape index (κ3) is 2.16. The van der Waals surface area contributed by atoms with Gasteiger partial charge in [-0.1, -0.05) is 0 Å². The Morgan fingerprint density at radius 1 is 1.09 bits per heavy atom. The molecule has 0 saturated carbocycles. The molecule has 3 aromatic rings. The average molecular weight is 296 g/mol. The summed E-state index contributed by atoms with van der Waals surface area (Å²) in [6.45, 7) is 2.73. The van der Waals surface area contributed by atoms with Gasteiger partial charge in [0.15, 0.2) is 0 Å². The van der Waals surface area contributed by atoms with E-state index >= 15 is 0 Å². The highest BCUT2D eigenvalue weighted by Crippen LogP contribution is 2.32. The molecule has 0 bridgehead atoms. The smallest absolute Gasteiger partial charge is 0.0986 e. The van der Waals surface area contributed by atoms with Gasteiger partial charge in [-0.25, -0.2) is 0 Å². The Kier molecular flexibility index (Phi) is 2.94. The highest BCUT2D eigenvalue weighted by atomic mass is 15.3. The van der Waals surface area contributed by atoms with Crippen molar-refractivity contribution >= 4 is 0 Å². The van der Waals surface area contributed by atoms with Gasteiger partial charge in [0.1, 0.15) is 0 Å². The first-order chi connectivity index (χ1) is 10.6. The molecule has 4 heterocycles. The van der Waals surface area contributed by atoms with Crippen molar-refractivity contribution in [3.05, 3.63) is 47.7 Å². The molecule has 0 aromatic carbocycles. The fraction of sp³-hybridized carbons (Fsp3) is 0.375. The molecular formula is C16H20N6. The first kappa shape index (κ1) is 13.3. The van der Waals surface area contributed by atoms with Gasteiger partial charge in [0.25, 0.3) is 0 Å². The average Bonchev–Trinajstić information content (AvgIpc) is 3.10. The molecule has 0 saturated heterocycles. The van der Waals surface area contributed by atoms with E-state index in [9.17, 15) is 0 Å². The van der Waals surface area contributed by atoms with Crippen LogP contribution in [0.3, 0.4) is 0 Å². The van der Waals surface area contributed by atoms with Crippen LogP contribution in [0.4, 0.5) is 0 Å². The van der Waals surface area contributed by atoms with Crippen LogP contribution < -0.4 is 0 Å². The van der Waals surface area contributed by atoms with Crippen LogP contribution in [0.2, 0.25) is 0 Å². The van der Waals surface area contributed by atoms with Crippen LogP contribution in [0.15, 0.2) is 30.9 Å². The molecule has 0 spiro atoms. The molecule has 0 atom stereocenters. The van der Waals surface area contributed by atoms with Gasteiger partial charge < -0.3 is 4.57 Å². The molecule has 0 N–H and O–H groups in total. The zero-order chi connectivity index (χ0) is 15.3. The fourth-order valence-corrected chi connectivity index (χ4v) is 3.29. The van der Waals surface area contributed by atoms with Crippen molar-refractivity contribution in [2.75, 3.05) is 0 Å². The topological polar surface area (TPSA) is 43.8 Å². The van der Waals surface area contributed by atoms with Gasteiger partial charge in [-0.15, -0.1) is 0 Å².